The zero-order valence-electron chi connectivity index (χ0n) is 17.2. The number of benzene rings is 3. The molecule has 2 aliphatic rings. The number of fused-ring (bicyclic) bond motifs is 1. The van der Waals surface area contributed by atoms with Crippen molar-refractivity contribution in [2.75, 3.05) is 9.96 Å². The Kier molecular flexibility index (Phi) is 4.34. The lowest BCUT2D eigenvalue weighted by molar-refractivity contribution is -0.128. The summed E-state index contributed by atoms with van der Waals surface area (Å²) < 4.78 is 0. The molecule has 3 aromatic carbocycles. The van der Waals surface area contributed by atoms with Gasteiger partial charge in [0, 0.05) is 5.56 Å². The fourth-order valence-corrected chi connectivity index (χ4v) is 4.55. The number of aryl methyl sites for hydroxylation is 1. The van der Waals surface area contributed by atoms with E-state index in [1.165, 1.54) is 4.90 Å². The molecule has 2 saturated heterocycles. The van der Waals surface area contributed by atoms with E-state index in [1.807, 2.05) is 49.4 Å². The van der Waals surface area contributed by atoms with E-state index in [-0.39, 0.29) is 11.7 Å². The number of phenols is 1. The Balaban J connectivity index is 1.66. The average molecular weight is 414 g/mol. The fraction of sp³-hybridized carbons (Fsp3) is 0.200. The summed E-state index contributed by atoms with van der Waals surface area (Å²) in [5.41, 5.74) is 1.56. The molecular formula is C25H22N2O4. The van der Waals surface area contributed by atoms with Crippen LogP contribution in [-0.2, 0) is 14.4 Å². The van der Waals surface area contributed by atoms with Crippen molar-refractivity contribution in [3.8, 4) is 5.75 Å². The van der Waals surface area contributed by atoms with E-state index in [1.54, 1.807) is 48.4 Å². The zero-order valence-corrected chi connectivity index (χ0v) is 17.2. The van der Waals surface area contributed by atoms with Gasteiger partial charge in [-0.25, -0.2) is 9.96 Å². The van der Waals surface area contributed by atoms with Crippen LogP contribution in [-0.4, -0.2) is 23.0 Å². The van der Waals surface area contributed by atoms with Crippen molar-refractivity contribution in [3.63, 3.8) is 0 Å². The topological polar surface area (TPSA) is 70.1 Å². The second kappa shape index (κ2) is 6.96. The van der Waals surface area contributed by atoms with E-state index >= 15 is 0 Å². The first kappa shape index (κ1) is 19.3. The number of hydrogen-bond acceptors (Lipinski definition) is 5. The lowest BCUT2D eigenvalue weighted by Gasteiger charge is -2.33. The first-order valence-electron chi connectivity index (χ1n) is 10.2. The molecule has 6 nitrogen and oxygen atoms in total. The smallest absolute Gasteiger partial charge is 0.266 e. The summed E-state index contributed by atoms with van der Waals surface area (Å²) in [4.78, 5) is 34.6. The van der Waals surface area contributed by atoms with E-state index in [9.17, 15) is 14.7 Å². The van der Waals surface area contributed by atoms with Gasteiger partial charge in [-0.1, -0.05) is 54.1 Å². The highest BCUT2D eigenvalue weighted by Crippen LogP contribution is 2.56. The van der Waals surface area contributed by atoms with E-state index in [4.69, 9.17) is 4.84 Å². The van der Waals surface area contributed by atoms with Gasteiger partial charge in [-0.05, 0) is 44.2 Å². The second-order valence-electron chi connectivity index (χ2n) is 8.21. The van der Waals surface area contributed by atoms with Crippen LogP contribution in [0.1, 0.15) is 24.1 Å². The number of rotatable bonds is 3. The Hall–Kier alpha value is -3.64. The molecular weight excluding hydrogens is 392 g/mol. The number of hydroxylamine groups is 1. The third-order valence-electron chi connectivity index (χ3n) is 6.21. The largest absolute Gasteiger partial charge is 0.508 e. The number of carbonyl (C=O) groups excluding carboxylic acids is 2. The maximum absolute atomic E-state index is 13.8. The van der Waals surface area contributed by atoms with Crippen LogP contribution in [0.15, 0.2) is 78.9 Å². The van der Waals surface area contributed by atoms with Crippen molar-refractivity contribution in [2.24, 2.45) is 5.41 Å². The molecule has 2 fully saturated rings. The monoisotopic (exact) mass is 414 g/mol. The summed E-state index contributed by atoms with van der Waals surface area (Å²) >= 11 is 0. The number of nitrogens with zero attached hydrogens (tertiary/aromatic N) is 2. The first-order valence-corrected chi connectivity index (χ1v) is 10.2. The number of hydrogen-bond donors (Lipinski definition) is 1. The third kappa shape index (κ3) is 2.75. The van der Waals surface area contributed by atoms with Gasteiger partial charge in [0.05, 0.1) is 11.4 Å². The number of imide groups is 1. The van der Waals surface area contributed by atoms with Crippen molar-refractivity contribution in [1.29, 1.82) is 0 Å². The Morgan fingerprint density at radius 2 is 1.52 bits per heavy atom. The third-order valence-corrected chi connectivity index (χ3v) is 6.21. The molecule has 31 heavy (non-hydrogen) atoms. The fourth-order valence-electron chi connectivity index (χ4n) is 4.55. The number of aromatic hydroxyl groups is 1. The predicted molar refractivity (Wildman–Crippen MR) is 116 cm³/mol. The number of carbonyl (C=O) groups is 2. The van der Waals surface area contributed by atoms with Crippen molar-refractivity contribution in [1.82, 2.24) is 0 Å². The van der Waals surface area contributed by atoms with Crippen LogP contribution < -0.4 is 9.96 Å². The molecule has 6 heteroatoms. The van der Waals surface area contributed by atoms with Crippen LogP contribution in [0.25, 0.3) is 0 Å². The van der Waals surface area contributed by atoms with Crippen LogP contribution >= 0.6 is 0 Å². The van der Waals surface area contributed by atoms with Gasteiger partial charge in [0.1, 0.15) is 17.2 Å². The molecule has 0 radical (unpaired) electrons. The van der Waals surface area contributed by atoms with Crippen molar-refractivity contribution >= 4 is 23.2 Å². The molecule has 0 spiro atoms. The van der Waals surface area contributed by atoms with Crippen LogP contribution in [0.3, 0.4) is 0 Å². The van der Waals surface area contributed by atoms with Gasteiger partial charge in [-0.2, -0.15) is 0 Å². The normalized spacial score (nSPS) is 25.2. The molecule has 156 valence electrons. The molecule has 2 heterocycles. The molecule has 0 saturated carbocycles. The molecule has 0 unspecified atom stereocenters. The molecule has 0 aliphatic carbocycles. The molecule has 0 aromatic heterocycles. The molecule has 0 bridgehead atoms. The number of amides is 2. The minimum absolute atomic E-state index is 0.0490. The van der Waals surface area contributed by atoms with Gasteiger partial charge in [-0.15, -0.1) is 0 Å². The minimum atomic E-state index is -1.23. The lowest BCUT2D eigenvalue weighted by atomic mass is 9.76. The Labute approximate surface area is 180 Å². The highest BCUT2D eigenvalue weighted by Gasteiger charge is 2.69. The maximum Gasteiger partial charge on any atom is 0.266 e. The Bertz CT molecular complexity index is 1160. The summed E-state index contributed by atoms with van der Waals surface area (Å²) in [5, 5.41) is 12.2. The van der Waals surface area contributed by atoms with Crippen LogP contribution in [0.2, 0.25) is 0 Å². The summed E-state index contributed by atoms with van der Waals surface area (Å²) in [5.74, 6) is -0.707. The highest BCUT2D eigenvalue weighted by atomic mass is 16.7. The number of anilines is 2. The van der Waals surface area contributed by atoms with E-state index < -0.39 is 23.5 Å². The minimum Gasteiger partial charge on any atom is -0.508 e. The molecule has 3 atom stereocenters. The second-order valence-corrected chi connectivity index (χ2v) is 8.21. The number of phenolic OH excluding ortho intramolecular Hbond substituents is 1. The van der Waals surface area contributed by atoms with E-state index in [0.29, 0.717) is 16.9 Å². The highest BCUT2D eigenvalue weighted by molar-refractivity contribution is 6.25. The molecule has 1 N–H and O–H groups in total. The average Bonchev–Trinajstić information content (AvgIpc) is 3.19. The molecule has 2 aliphatic heterocycles. The van der Waals surface area contributed by atoms with Gasteiger partial charge in [0.25, 0.3) is 5.91 Å². The van der Waals surface area contributed by atoms with Crippen LogP contribution in [0.5, 0.6) is 5.75 Å². The summed E-state index contributed by atoms with van der Waals surface area (Å²) in [7, 11) is 0. The summed E-state index contributed by atoms with van der Waals surface area (Å²) in [6, 6.07) is 22.7. The zero-order chi connectivity index (χ0) is 21.8. The van der Waals surface area contributed by atoms with E-state index in [0.717, 1.165) is 5.56 Å². The van der Waals surface area contributed by atoms with Gasteiger partial charge >= 0.3 is 0 Å². The van der Waals surface area contributed by atoms with Crippen molar-refractivity contribution in [3.05, 3.63) is 90.0 Å². The molecule has 3 aromatic rings. The lowest BCUT2D eigenvalue weighted by Crippen LogP contribution is -2.41. The predicted octanol–water partition coefficient (Wildman–Crippen LogP) is 4.14. The Morgan fingerprint density at radius 1 is 0.871 bits per heavy atom. The van der Waals surface area contributed by atoms with Gasteiger partial charge < -0.3 is 5.11 Å². The van der Waals surface area contributed by atoms with Gasteiger partial charge in [0.2, 0.25) is 5.91 Å². The Morgan fingerprint density at radius 3 is 2.19 bits per heavy atom. The maximum atomic E-state index is 13.8. The van der Waals surface area contributed by atoms with Crippen LogP contribution in [0.4, 0.5) is 11.4 Å². The van der Waals surface area contributed by atoms with Crippen molar-refractivity contribution in [2.45, 2.75) is 26.0 Å². The van der Waals surface area contributed by atoms with E-state index in [2.05, 4.69) is 0 Å². The standard InChI is InChI=1S/C25H22N2O4/c1-16-12-14-17(15-13-16)26-23(29)22-25(2,24(26)30)21(19-10-6-7-11-20(19)28)27(31-22)18-8-4-3-5-9-18/h3-15,21-22,28H,1-2H3/t21-,22+,25+/m1/s1. The SMILES string of the molecule is Cc1ccc(N2C(=O)[C@@H]3ON(c4ccccc4)[C@H](c4ccccc4O)[C@]3(C)C2=O)cc1. The van der Waals surface area contributed by atoms with Crippen LogP contribution in [0, 0.1) is 12.3 Å². The van der Waals surface area contributed by atoms with Gasteiger partial charge in [0.15, 0.2) is 6.10 Å². The van der Waals surface area contributed by atoms with Gasteiger partial charge in [-0.3, -0.25) is 14.4 Å². The van der Waals surface area contributed by atoms with Crippen molar-refractivity contribution < 1.29 is 19.5 Å². The quantitative estimate of drug-likeness (QED) is 0.653. The molecule has 5 rings (SSSR count). The summed E-state index contributed by atoms with van der Waals surface area (Å²) in [6.07, 6.45) is -1.01. The summed E-state index contributed by atoms with van der Waals surface area (Å²) in [6.45, 7) is 3.69. The number of para-hydroxylation sites is 2. The first-order chi connectivity index (χ1) is 14.9. The molecule has 2 amide bonds.